The van der Waals surface area contributed by atoms with Gasteiger partial charge in [0.1, 0.15) is 5.60 Å². The summed E-state index contributed by atoms with van der Waals surface area (Å²) in [6.07, 6.45) is 2.62. The van der Waals surface area contributed by atoms with Gasteiger partial charge < -0.3 is 14.2 Å². The van der Waals surface area contributed by atoms with Crippen LogP contribution in [0.25, 0.3) is 0 Å². The Kier molecular flexibility index (Phi) is 2.97. The van der Waals surface area contributed by atoms with Crippen LogP contribution in [0.1, 0.15) is 33.1 Å². The van der Waals surface area contributed by atoms with Crippen molar-refractivity contribution in [2.75, 3.05) is 20.3 Å². The molecule has 0 aromatic carbocycles. The van der Waals surface area contributed by atoms with Crippen molar-refractivity contribution < 1.29 is 19.0 Å². The average Bonchev–Trinajstić information content (AvgIpc) is 2.65. The van der Waals surface area contributed by atoms with Crippen molar-refractivity contribution in [1.29, 1.82) is 0 Å². The van der Waals surface area contributed by atoms with Crippen LogP contribution in [0.15, 0.2) is 0 Å². The smallest absolute Gasteiger partial charge is 0.341 e. The monoisotopic (exact) mass is 228 g/mol. The fraction of sp³-hybridized carbons (Fsp3) is 0.917. The molecular formula is C12H20O4. The Morgan fingerprint density at radius 1 is 1.56 bits per heavy atom. The molecule has 0 aliphatic carbocycles. The van der Waals surface area contributed by atoms with Gasteiger partial charge in [-0.3, -0.25) is 0 Å². The van der Waals surface area contributed by atoms with E-state index in [0.717, 1.165) is 26.1 Å². The van der Waals surface area contributed by atoms with Crippen LogP contribution in [-0.2, 0) is 19.0 Å². The minimum Gasteiger partial charge on any atom is -0.467 e. The van der Waals surface area contributed by atoms with Gasteiger partial charge in [-0.15, -0.1) is 0 Å². The van der Waals surface area contributed by atoms with Crippen LogP contribution in [0.5, 0.6) is 0 Å². The molecule has 0 saturated carbocycles. The highest BCUT2D eigenvalue weighted by Crippen LogP contribution is 2.55. The largest absolute Gasteiger partial charge is 0.467 e. The summed E-state index contributed by atoms with van der Waals surface area (Å²) in [6.45, 7) is 5.59. The fourth-order valence-corrected chi connectivity index (χ4v) is 2.87. The van der Waals surface area contributed by atoms with Crippen molar-refractivity contribution >= 4 is 5.97 Å². The number of hydrogen-bond acceptors (Lipinski definition) is 4. The van der Waals surface area contributed by atoms with Gasteiger partial charge in [-0.2, -0.15) is 0 Å². The summed E-state index contributed by atoms with van der Waals surface area (Å²) in [5, 5.41) is 0. The molecule has 3 unspecified atom stereocenters. The Hall–Kier alpha value is -0.610. The normalized spacial score (nSPS) is 42.1. The highest BCUT2D eigenvalue weighted by atomic mass is 16.7. The topological polar surface area (TPSA) is 48.1 Å². The molecule has 0 bridgehead atoms. The number of ether oxygens (including phenoxy) is 3. The molecule has 0 amide bonds. The van der Waals surface area contributed by atoms with E-state index in [1.807, 2.05) is 13.8 Å². The summed E-state index contributed by atoms with van der Waals surface area (Å²) < 4.78 is 15.9. The van der Waals surface area contributed by atoms with Crippen LogP contribution in [0.4, 0.5) is 0 Å². The van der Waals surface area contributed by atoms with Gasteiger partial charge in [0, 0.05) is 13.2 Å². The minimum atomic E-state index is -0.704. The van der Waals surface area contributed by atoms with Gasteiger partial charge in [0.2, 0.25) is 0 Å². The fourth-order valence-electron chi connectivity index (χ4n) is 2.87. The Balaban J connectivity index is 2.01. The zero-order chi connectivity index (χ0) is 11.8. The molecule has 92 valence electrons. The summed E-state index contributed by atoms with van der Waals surface area (Å²) in [5.41, 5.74) is -1.06. The van der Waals surface area contributed by atoms with E-state index in [2.05, 4.69) is 0 Å². The molecule has 2 aliphatic heterocycles. The number of epoxide rings is 1. The number of rotatable bonds is 4. The van der Waals surface area contributed by atoms with Crippen LogP contribution >= 0.6 is 0 Å². The number of carbonyl (C=O) groups excluding carboxylic acids is 1. The molecule has 2 fully saturated rings. The highest BCUT2D eigenvalue weighted by molar-refractivity contribution is 5.84. The molecule has 0 aromatic rings. The second-order valence-corrected chi connectivity index (χ2v) is 4.94. The summed E-state index contributed by atoms with van der Waals surface area (Å²) >= 11 is 0. The lowest BCUT2D eigenvalue weighted by molar-refractivity contribution is -0.147. The van der Waals surface area contributed by atoms with Gasteiger partial charge >= 0.3 is 5.97 Å². The first-order valence-corrected chi connectivity index (χ1v) is 5.94. The van der Waals surface area contributed by atoms with E-state index in [4.69, 9.17) is 14.2 Å². The van der Waals surface area contributed by atoms with Gasteiger partial charge in [-0.25, -0.2) is 4.79 Å². The van der Waals surface area contributed by atoms with Crippen molar-refractivity contribution in [1.82, 2.24) is 0 Å². The summed E-state index contributed by atoms with van der Waals surface area (Å²) in [6, 6.07) is 0. The van der Waals surface area contributed by atoms with Crippen LogP contribution in [-0.4, -0.2) is 37.5 Å². The van der Waals surface area contributed by atoms with Crippen molar-refractivity contribution in [2.24, 2.45) is 5.92 Å². The lowest BCUT2D eigenvalue weighted by Crippen LogP contribution is -2.34. The number of esters is 1. The first-order chi connectivity index (χ1) is 7.58. The second kappa shape index (κ2) is 4.00. The first-order valence-electron chi connectivity index (χ1n) is 5.94. The van der Waals surface area contributed by atoms with Crippen molar-refractivity contribution in [3.8, 4) is 0 Å². The van der Waals surface area contributed by atoms with E-state index in [9.17, 15) is 4.79 Å². The average molecular weight is 228 g/mol. The van der Waals surface area contributed by atoms with E-state index in [0.29, 0.717) is 12.3 Å². The van der Waals surface area contributed by atoms with Gasteiger partial charge in [0.15, 0.2) is 5.60 Å². The predicted octanol–water partition coefficient (Wildman–Crippen LogP) is 1.52. The van der Waals surface area contributed by atoms with E-state index in [-0.39, 0.29) is 11.6 Å². The molecule has 2 saturated heterocycles. The first kappa shape index (κ1) is 11.9. The third-order valence-corrected chi connectivity index (χ3v) is 3.93. The SMILES string of the molecule is CCC1(C(=O)OC)OC1(C)CC1CCOC1. The molecule has 16 heavy (non-hydrogen) atoms. The van der Waals surface area contributed by atoms with E-state index in [1.165, 1.54) is 7.11 Å². The van der Waals surface area contributed by atoms with Crippen molar-refractivity contribution in [3.63, 3.8) is 0 Å². The summed E-state index contributed by atoms with van der Waals surface area (Å²) in [7, 11) is 1.42. The molecule has 0 N–H and O–H groups in total. The molecule has 4 heteroatoms. The zero-order valence-corrected chi connectivity index (χ0v) is 10.2. The third kappa shape index (κ3) is 1.64. The summed E-state index contributed by atoms with van der Waals surface area (Å²) in [4.78, 5) is 11.7. The third-order valence-electron chi connectivity index (χ3n) is 3.93. The number of carbonyl (C=O) groups is 1. The molecule has 3 atom stereocenters. The quantitative estimate of drug-likeness (QED) is 0.540. The van der Waals surface area contributed by atoms with Crippen molar-refractivity contribution in [3.05, 3.63) is 0 Å². The Bertz CT molecular complexity index is 285. The molecule has 2 rings (SSSR count). The van der Waals surface area contributed by atoms with Crippen LogP contribution in [0.2, 0.25) is 0 Å². The maximum absolute atomic E-state index is 11.7. The van der Waals surface area contributed by atoms with Gasteiger partial charge in [-0.05, 0) is 32.1 Å². The van der Waals surface area contributed by atoms with Gasteiger partial charge in [-0.1, -0.05) is 6.92 Å². The minimum absolute atomic E-state index is 0.239. The molecule has 2 aliphatic rings. The van der Waals surface area contributed by atoms with Gasteiger partial charge in [0.05, 0.1) is 7.11 Å². The maximum Gasteiger partial charge on any atom is 0.341 e. The maximum atomic E-state index is 11.7. The Labute approximate surface area is 96.2 Å². The van der Waals surface area contributed by atoms with Crippen molar-refractivity contribution in [2.45, 2.75) is 44.3 Å². The van der Waals surface area contributed by atoms with Crippen LogP contribution < -0.4 is 0 Å². The Morgan fingerprint density at radius 2 is 2.31 bits per heavy atom. The van der Waals surface area contributed by atoms with E-state index < -0.39 is 5.60 Å². The molecular weight excluding hydrogens is 208 g/mol. The predicted molar refractivity (Wildman–Crippen MR) is 58.1 cm³/mol. The van der Waals surface area contributed by atoms with Gasteiger partial charge in [0.25, 0.3) is 0 Å². The number of hydrogen-bond donors (Lipinski definition) is 0. The molecule has 4 nitrogen and oxygen atoms in total. The van der Waals surface area contributed by atoms with E-state index >= 15 is 0 Å². The highest BCUT2D eigenvalue weighted by Gasteiger charge is 2.71. The molecule has 0 spiro atoms. The lowest BCUT2D eigenvalue weighted by Gasteiger charge is -2.16. The Morgan fingerprint density at radius 3 is 2.81 bits per heavy atom. The molecule has 0 aromatic heterocycles. The number of methoxy groups -OCH3 is 1. The van der Waals surface area contributed by atoms with Crippen LogP contribution in [0.3, 0.4) is 0 Å². The second-order valence-electron chi connectivity index (χ2n) is 4.94. The van der Waals surface area contributed by atoms with E-state index in [1.54, 1.807) is 0 Å². The molecule has 0 radical (unpaired) electrons. The standard InChI is InChI=1S/C12H20O4/c1-4-12(10(13)14-3)11(2,16-12)7-9-5-6-15-8-9/h9H,4-8H2,1-3H3. The zero-order valence-electron chi connectivity index (χ0n) is 10.2. The lowest BCUT2D eigenvalue weighted by atomic mass is 9.84. The summed E-state index contributed by atoms with van der Waals surface area (Å²) in [5.74, 6) is 0.277. The van der Waals surface area contributed by atoms with Crippen LogP contribution in [0, 0.1) is 5.92 Å². The molecule has 2 heterocycles.